The summed E-state index contributed by atoms with van der Waals surface area (Å²) >= 11 is 5.68. The van der Waals surface area contributed by atoms with E-state index in [1.165, 1.54) is 0 Å². The lowest BCUT2D eigenvalue weighted by atomic mass is 10.1. The van der Waals surface area contributed by atoms with E-state index >= 15 is 0 Å². The molecule has 0 aromatic heterocycles. The second-order valence-corrected chi connectivity index (χ2v) is 3.11. The quantitative estimate of drug-likeness (QED) is 0.372. The van der Waals surface area contributed by atoms with Crippen molar-refractivity contribution in [1.29, 1.82) is 0 Å². The lowest BCUT2D eigenvalue weighted by Gasteiger charge is -2.03. The van der Waals surface area contributed by atoms with E-state index in [0.29, 0.717) is 10.6 Å². The van der Waals surface area contributed by atoms with Gasteiger partial charge in [-0.15, -0.1) is 0 Å². The molecular formula is C10H10ClNO3. The number of hydrogen-bond acceptors (Lipinski definition) is 4. The van der Waals surface area contributed by atoms with Crippen LogP contribution in [-0.4, -0.2) is 23.5 Å². The molecule has 0 saturated heterocycles. The van der Waals surface area contributed by atoms with Crippen molar-refractivity contribution in [3.63, 3.8) is 0 Å². The van der Waals surface area contributed by atoms with Gasteiger partial charge in [-0.25, -0.2) is 4.79 Å². The van der Waals surface area contributed by atoms with E-state index in [1.54, 1.807) is 31.2 Å². The molecule has 0 heterocycles. The van der Waals surface area contributed by atoms with Gasteiger partial charge in [0.1, 0.15) is 0 Å². The van der Waals surface area contributed by atoms with Gasteiger partial charge in [-0.05, 0) is 19.1 Å². The van der Waals surface area contributed by atoms with Crippen LogP contribution in [0.2, 0.25) is 5.02 Å². The standard InChI is InChI=1S/C10H10ClNO3/c1-2-15-10(13)9(12-14)7-3-5-8(11)6-4-7/h3-6,14H,2H2,1H3. The fraction of sp³-hybridized carbons (Fsp3) is 0.200. The number of rotatable bonds is 3. The summed E-state index contributed by atoms with van der Waals surface area (Å²) in [5, 5.41) is 12.1. The molecule has 0 aliphatic heterocycles. The van der Waals surface area contributed by atoms with Crippen LogP contribution in [0.3, 0.4) is 0 Å². The van der Waals surface area contributed by atoms with Crippen molar-refractivity contribution >= 4 is 23.3 Å². The van der Waals surface area contributed by atoms with Gasteiger partial charge < -0.3 is 9.94 Å². The molecule has 0 fully saturated rings. The maximum Gasteiger partial charge on any atom is 0.361 e. The van der Waals surface area contributed by atoms with Crippen LogP contribution in [0.1, 0.15) is 12.5 Å². The van der Waals surface area contributed by atoms with E-state index in [4.69, 9.17) is 21.5 Å². The predicted octanol–water partition coefficient (Wildman–Crippen LogP) is 2.08. The molecule has 0 radical (unpaired) electrons. The molecule has 0 atom stereocenters. The van der Waals surface area contributed by atoms with E-state index < -0.39 is 5.97 Å². The van der Waals surface area contributed by atoms with Crippen molar-refractivity contribution in [2.75, 3.05) is 6.61 Å². The van der Waals surface area contributed by atoms with Gasteiger partial charge in [0, 0.05) is 10.6 Å². The summed E-state index contributed by atoms with van der Waals surface area (Å²) in [6.45, 7) is 1.90. The number of hydrogen-bond donors (Lipinski definition) is 1. The first-order chi connectivity index (χ1) is 7.19. The molecule has 0 unspecified atom stereocenters. The van der Waals surface area contributed by atoms with Gasteiger partial charge >= 0.3 is 5.97 Å². The van der Waals surface area contributed by atoms with Crippen molar-refractivity contribution in [3.05, 3.63) is 34.9 Å². The first-order valence-electron chi connectivity index (χ1n) is 4.34. The van der Waals surface area contributed by atoms with Crippen LogP contribution in [0.15, 0.2) is 29.4 Å². The largest absolute Gasteiger partial charge is 0.461 e. The Labute approximate surface area is 92.1 Å². The number of nitrogens with zero attached hydrogens (tertiary/aromatic N) is 1. The van der Waals surface area contributed by atoms with Crippen molar-refractivity contribution in [3.8, 4) is 0 Å². The molecule has 0 aliphatic carbocycles. The van der Waals surface area contributed by atoms with E-state index in [1.807, 2.05) is 0 Å². The summed E-state index contributed by atoms with van der Waals surface area (Å²) in [5.74, 6) is -0.665. The molecule has 0 saturated carbocycles. The molecule has 80 valence electrons. The smallest absolute Gasteiger partial charge is 0.361 e. The summed E-state index contributed by atoms with van der Waals surface area (Å²) in [6, 6.07) is 6.35. The summed E-state index contributed by atoms with van der Waals surface area (Å²) in [7, 11) is 0. The molecule has 4 nitrogen and oxygen atoms in total. The fourth-order valence-electron chi connectivity index (χ4n) is 1.02. The third-order valence-electron chi connectivity index (χ3n) is 1.69. The van der Waals surface area contributed by atoms with Crippen LogP contribution >= 0.6 is 11.6 Å². The minimum atomic E-state index is -0.665. The maximum atomic E-state index is 11.3. The second-order valence-electron chi connectivity index (χ2n) is 2.68. The molecular weight excluding hydrogens is 218 g/mol. The van der Waals surface area contributed by atoms with Crippen molar-refractivity contribution in [2.24, 2.45) is 5.16 Å². The molecule has 1 N–H and O–H groups in total. The zero-order valence-electron chi connectivity index (χ0n) is 8.11. The Balaban J connectivity index is 2.94. The fourth-order valence-corrected chi connectivity index (χ4v) is 1.15. The summed E-state index contributed by atoms with van der Waals surface area (Å²) in [6.07, 6.45) is 0. The van der Waals surface area contributed by atoms with Gasteiger partial charge in [0.2, 0.25) is 0 Å². The van der Waals surface area contributed by atoms with Gasteiger partial charge in [0.05, 0.1) is 6.61 Å². The summed E-state index contributed by atoms with van der Waals surface area (Å²) in [5.41, 5.74) is 0.328. The molecule has 1 aromatic rings. The molecule has 1 rings (SSSR count). The van der Waals surface area contributed by atoms with Crippen LogP contribution in [0.25, 0.3) is 0 Å². The van der Waals surface area contributed by atoms with Crippen LogP contribution < -0.4 is 0 Å². The van der Waals surface area contributed by atoms with Crippen molar-refractivity contribution in [1.82, 2.24) is 0 Å². The summed E-state index contributed by atoms with van der Waals surface area (Å²) in [4.78, 5) is 11.3. The molecule has 5 heteroatoms. The first-order valence-corrected chi connectivity index (χ1v) is 4.72. The van der Waals surface area contributed by atoms with E-state index in [0.717, 1.165) is 0 Å². The molecule has 0 amide bonds. The molecule has 0 bridgehead atoms. The van der Waals surface area contributed by atoms with E-state index in [9.17, 15) is 4.79 Å². The Morgan fingerprint density at radius 1 is 1.47 bits per heavy atom. The normalized spacial score (nSPS) is 11.2. The lowest BCUT2D eigenvalue weighted by molar-refractivity contribution is -0.135. The van der Waals surface area contributed by atoms with Gasteiger partial charge in [0.15, 0.2) is 5.71 Å². The zero-order chi connectivity index (χ0) is 11.3. The van der Waals surface area contributed by atoms with Gasteiger partial charge in [-0.1, -0.05) is 28.9 Å². The number of ether oxygens (including phenoxy) is 1. The molecule has 0 aliphatic rings. The highest BCUT2D eigenvalue weighted by Gasteiger charge is 2.15. The average Bonchev–Trinajstić information content (AvgIpc) is 2.22. The van der Waals surface area contributed by atoms with Crippen molar-refractivity contribution in [2.45, 2.75) is 6.92 Å². The average molecular weight is 228 g/mol. The van der Waals surface area contributed by atoms with Crippen LogP contribution in [-0.2, 0) is 9.53 Å². The third kappa shape index (κ3) is 2.95. The number of oxime groups is 1. The van der Waals surface area contributed by atoms with Gasteiger partial charge in [-0.2, -0.15) is 0 Å². The van der Waals surface area contributed by atoms with Crippen LogP contribution in [0.4, 0.5) is 0 Å². The van der Waals surface area contributed by atoms with Gasteiger partial charge in [-0.3, -0.25) is 0 Å². The van der Waals surface area contributed by atoms with Gasteiger partial charge in [0.25, 0.3) is 0 Å². The molecule has 0 spiro atoms. The topological polar surface area (TPSA) is 58.9 Å². The SMILES string of the molecule is CCOC(=O)C(=NO)c1ccc(Cl)cc1. The second kappa shape index (κ2) is 5.36. The summed E-state index contributed by atoms with van der Waals surface area (Å²) < 4.78 is 4.72. The third-order valence-corrected chi connectivity index (χ3v) is 1.94. The Bertz CT molecular complexity index is 373. The molecule has 15 heavy (non-hydrogen) atoms. The van der Waals surface area contributed by atoms with Crippen molar-refractivity contribution < 1.29 is 14.7 Å². The zero-order valence-corrected chi connectivity index (χ0v) is 8.86. The lowest BCUT2D eigenvalue weighted by Crippen LogP contribution is -2.18. The molecule has 1 aromatic carbocycles. The first kappa shape index (κ1) is 11.5. The highest BCUT2D eigenvalue weighted by atomic mass is 35.5. The van der Waals surface area contributed by atoms with E-state index in [-0.39, 0.29) is 12.3 Å². The minimum Gasteiger partial charge on any atom is -0.461 e. The number of esters is 1. The maximum absolute atomic E-state index is 11.3. The predicted molar refractivity (Wildman–Crippen MR) is 56.4 cm³/mol. The Kier molecular flexibility index (Phi) is 4.12. The number of carbonyl (C=O) groups excluding carboxylic acids is 1. The van der Waals surface area contributed by atoms with Crippen LogP contribution in [0, 0.1) is 0 Å². The number of carbonyl (C=O) groups is 1. The number of benzene rings is 1. The monoisotopic (exact) mass is 227 g/mol. The highest BCUT2D eigenvalue weighted by Crippen LogP contribution is 2.11. The Morgan fingerprint density at radius 3 is 2.53 bits per heavy atom. The van der Waals surface area contributed by atoms with Crippen LogP contribution in [0.5, 0.6) is 0 Å². The number of halogens is 1. The highest BCUT2D eigenvalue weighted by molar-refractivity contribution is 6.43. The minimum absolute atomic E-state index is 0.131. The Hall–Kier alpha value is -1.55. The Morgan fingerprint density at radius 2 is 2.07 bits per heavy atom. The van der Waals surface area contributed by atoms with E-state index in [2.05, 4.69) is 5.16 Å².